The van der Waals surface area contributed by atoms with Crippen molar-refractivity contribution in [3.05, 3.63) is 0 Å². The molecule has 4 amide bonds. The van der Waals surface area contributed by atoms with Crippen molar-refractivity contribution in [3.63, 3.8) is 0 Å². The van der Waals surface area contributed by atoms with E-state index in [0.29, 0.717) is 31.3 Å². The average Bonchev–Trinajstić information content (AvgIpc) is 2.69. The molecular weight excluding hydrogens is 388 g/mol. The van der Waals surface area contributed by atoms with E-state index in [1.165, 1.54) is 0 Å². The molecule has 0 aliphatic carbocycles. The van der Waals surface area contributed by atoms with Gasteiger partial charge in [-0.1, -0.05) is 0 Å². The molecule has 0 radical (unpaired) electrons. The van der Waals surface area contributed by atoms with E-state index in [0.717, 1.165) is 32.2 Å². The SMILES string of the molecule is CC(C)(C)OC(=O)N1CCC(C2CCC(C(=O)NC3CCC(=O)NC3=O)NC2)CC1. The summed E-state index contributed by atoms with van der Waals surface area (Å²) in [7, 11) is 0. The number of amides is 4. The molecule has 30 heavy (non-hydrogen) atoms. The zero-order valence-corrected chi connectivity index (χ0v) is 18.2. The number of imide groups is 1. The fourth-order valence-corrected chi connectivity index (χ4v) is 4.49. The van der Waals surface area contributed by atoms with Crippen molar-refractivity contribution in [1.82, 2.24) is 20.9 Å². The summed E-state index contributed by atoms with van der Waals surface area (Å²) in [5.41, 5.74) is -0.482. The summed E-state index contributed by atoms with van der Waals surface area (Å²) in [4.78, 5) is 49.6. The van der Waals surface area contributed by atoms with Gasteiger partial charge in [0, 0.05) is 19.5 Å². The van der Waals surface area contributed by atoms with Crippen molar-refractivity contribution in [1.29, 1.82) is 0 Å². The molecule has 3 N–H and O–H groups in total. The second-order valence-electron chi connectivity index (χ2n) is 9.62. The normalized spacial score (nSPS) is 28.6. The van der Waals surface area contributed by atoms with Crippen LogP contribution in [-0.4, -0.2) is 66.0 Å². The van der Waals surface area contributed by atoms with Crippen LogP contribution in [0.3, 0.4) is 0 Å². The summed E-state index contributed by atoms with van der Waals surface area (Å²) in [5.74, 6) is 0.107. The predicted octanol–water partition coefficient (Wildman–Crippen LogP) is 0.923. The minimum Gasteiger partial charge on any atom is -0.444 e. The number of hydrogen-bond donors (Lipinski definition) is 3. The topological polar surface area (TPSA) is 117 Å². The maximum Gasteiger partial charge on any atom is 0.410 e. The third kappa shape index (κ3) is 5.93. The Kier molecular flexibility index (Phi) is 7.00. The maximum atomic E-state index is 12.5. The lowest BCUT2D eigenvalue weighted by atomic mass is 9.79. The number of ether oxygens (including phenoxy) is 1. The third-order valence-electron chi connectivity index (χ3n) is 6.18. The van der Waals surface area contributed by atoms with Crippen molar-refractivity contribution in [2.45, 2.75) is 77.0 Å². The molecule has 0 aromatic rings. The van der Waals surface area contributed by atoms with Gasteiger partial charge in [0.05, 0.1) is 6.04 Å². The summed E-state index contributed by atoms with van der Waals surface area (Å²) in [6.07, 6.45) is 3.90. The Hall–Kier alpha value is -2.16. The van der Waals surface area contributed by atoms with Gasteiger partial charge >= 0.3 is 6.09 Å². The molecule has 3 aliphatic heterocycles. The van der Waals surface area contributed by atoms with E-state index >= 15 is 0 Å². The zero-order chi connectivity index (χ0) is 21.9. The van der Waals surface area contributed by atoms with Crippen LogP contribution in [0.5, 0.6) is 0 Å². The van der Waals surface area contributed by atoms with E-state index in [1.54, 1.807) is 4.90 Å². The summed E-state index contributed by atoms with van der Waals surface area (Å²) in [6.45, 7) is 7.78. The minimum absolute atomic E-state index is 0.178. The van der Waals surface area contributed by atoms with E-state index in [9.17, 15) is 19.2 Å². The van der Waals surface area contributed by atoms with Crippen molar-refractivity contribution < 1.29 is 23.9 Å². The largest absolute Gasteiger partial charge is 0.444 e. The Morgan fingerprint density at radius 3 is 2.30 bits per heavy atom. The second-order valence-corrected chi connectivity index (χ2v) is 9.62. The van der Waals surface area contributed by atoms with Gasteiger partial charge in [-0.05, 0) is 71.3 Å². The number of likely N-dealkylation sites (tertiary alicyclic amines) is 1. The molecule has 3 saturated heterocycles. The molecule has 3 heterocycles. The molecule has 3 fully saturated rings. The standard InChI is InChI=1S/C21H34N4O5/c1-21(2,3)30-20(29)25-10-8-13(9-11-25)14-4-5-15(22-12-14)18(27)23-16-6-7-17(26)24-19(16)28/h13-16,22H,4-12H2,1-3H3,(H,23,27)(H,24,26,28). The molecule has 9 nitrogen and oxygen atoms in total. The van der Waals surface area contributed by atoms with Gasteiger partial charge in [0.2, 0.25) is 17.7 Å². The fourth-order valence-electron chi connectivity index (χ4n) is 4.49. The Bertz CT molecular complexity index is 673. The number of piperidine rings is 3. The van der Waals surface area contributed by atoms with Gasteiger partial charge in [0.25, 0.3) is 0 Å². The van der Waals surface area contributed by atoms with Crippen LogP contribution in [0.15, 0.2) is 0 Å². The molecule has 3 unspecified atom stereocenters. The minimum atomic E-state index is -0.632. The average molecular weight is 423 g/mol. The molecule has 9 heteroatoms. The molecular formula is C21H34N4O5. The van der Waals surface area contributed by atoms with Gasteiger partial charge in [-0.15, -0.1) is 0 Å². The smallest absolute Gasteiger partial charge is 0.410 e. The molecule has 0 bridgehead atoms. The van der Waals surface area contributed by atoms with Crippen LogP contribution in [-0.2, 0) is 19.1 Å². The van der Waals surface area contributed by atoms with Crippen LogP contribution in [0.4, 0.5) is 4.79 Å². The van der Waals surface area contributed by atoms with Gasteiger partial charge in [0.15, 0.2) is 0 Å². The van der Waals surface area contributed by atoms with E-state index in [4.69, 9.17) is 4.74 Å². The van der Waals surface area contributed by atoms with E-state index in [1.807, 2.05) is 20.8 Å². The number of rotatable bonds is 3. The van der Waals surface area contributed by atoms with E-state index in [-0.39, 0.29) is 30.4 Å². The molecule has 0 aromatic heterocycles. The fraction of sp³-hybridized carbons (Fsp3) is 0.810. The Morgan fingerprint density at radius 2 is 1.73 bits per heavy atom. The molecule has 0 spiro atoms. The van der Waals surface area contributed by atoms with Crippen LogP contribution in [0.25, 0.3) is 0 Å². The van der Waals surface area contributed by atoms with Gasteiger partial charge in [-0.25, -0.2) is 4.79 Å². The molecule has 0 aromatic carbocycles. The summed E-state index contributed by atoms with van der Waals surface area (Å²) >= 11 is 0. The highest BCUT2D eigenvalue weighted by molar-refractivity contribution is 6.02. The van der Waals surface area contributed by atoms with E-state index in [2.05, 4.69) is 16.0 Å². The second kappa shape index (κ2) is 9.32. The first-order valence-corrected chi connectivity index (χ1v) is 11.0. The summed E-state index contributed by atoms with van der Waals surface area (Å²) < 4.78 is 5.46. The highest BCUT2D eigenvalue weighted by Gasteiger charge is 2.35. The number of carbonyl (C=O) groups is 4. The van der Waals surface area contributed by atoms with Crippen molar-refractivity contribution in [3.8, 4) is 0 Å². The highest BCUT2D eigenvalue weighted by atomic mass is 16.6. The lowest BCUT2D eigenvalue weighted by molar-refractivity contribution is -0.137. The van der Waals surface area contributed by atoms with Gasteiger partial charge in [-0.2, -0.15) is 0 Å². The number of nitrogens with one attached hydrogen (secondary N) is 3. The Morgan fingerprint density at radius 1 is 1.03 bits per heavy atom. The van der Waals surface area contributed by atoms with Crippen molar-refractivity contribution in [2.75, 3.05) is 19.6 Å². The Labute approximate surface area is 177 Å². The van der Waals surface area contributed by atoms with Crippen LogP contribution >= 0.6 is 0 Å². The van der Waals surface area contributed by atoms with Gasteiger partial charge < -0.3 is 20.3 Å². The Balaban J connectivity index is 1.39. The number of carbonyl (C=O) groups excluding carboxylic acids is 4. The quantitative estimate of drug-likeness (QED) is 0.583. The lowest BCUT2D eigenvalue weighted by Crippen LogP contribution is -2.57. The van der Waals surface area contributed by atoms with Gasteiger partial charge in [0.1, 0.15) is 11.6 Å². The zero-order valence-electron chi connectivity index (χ0n) is 18.2. The third-order valence-corrected chi connectivity index (χ3v) is 6.18. The van der Waals surface area contributed by atoms with E-state index < -0.39 is 17.6 Å². The van der Waals surface area contributed by atoms with Crippen LogP contribution in [0, 0.1) is 11.8 Å². The molecule has 3 rings (SSSR count). The monoisotopic (exact) mass is 422 g/mol. The predicted molar refractivity (Wildman–Crippen MR) is 109 cm³/mol. The first-order chi connectivity index (χ1) is 14.1. The maximum absolute atomic E-state index is 12.5. The van der Waals surface area contributed by atoms with Crippen LogP contribution < -0.4 is 16.0 Å². The summed E-state index contributed by atoms with van der Waals surface area (Å²) in [6, 6.07) is -0.944. The summed E-state index contributed by atoms with van der Waals surface area (Å²) in [5, 5.41) is 8.36. The molecule has 3 atom stereocenters. The van der Waals surface area contributed by atoms with Gasteiger partial charge in [-0.3, -0.25) is 19.7 Å². The van der Waals surface area contributed by atoms with Crippen LogP contribution in [0.2, 0.25) is 0 Å². The molecule has 168 valence electrons. The molecule has 3 aliphatic rings. The lowest BCUT2D eigenvalue weighted by Gasteiger charge is -2.39. The highest BCUT2D eigenvalue weighted by Crippen LogP contribution is 2.31. The first kappa shape index (κ1) is 22.5. The molecule has 0 saturated carbocycles. The number of hydrogen-bond acceptors (Lipinski definition) is 6. The first-order valence-electron chi connectivity index (χ1n) is 11.0. The van der Waals surface area contributed by atoms with Crippen molar-refractivity contribution >= 4 is 23.8 Å². The van der Waals surface area contributed by atoms with Crippen molar-refractivity contribution in [2.24, 2.45) is 11.8 Å². The number of nitrogens with zero attached hydrogens (tertiary/aromatic N) is 1. The van der Waals surface area contributed by atoms with Crippen LogP contribution in [0.1, 0.15) is 59.3 Å².